The summed E-state index contributed by atoms with van der Waals surface area (Å²) in [5, 5.41) is 23.9. The van der Waals surface area contributed by atoms with Crippen molar-refractivity contribution in [2.24, 2.45) is 0 Å². The van der Waals surface area contributed by atoms with Crippen LogP contribution in [0.4, 0.5) is 16.0 Å². The lowest BCUT2D eigenvalue weighted by Gasteiger charge is -2.11. The van der Waals surface area contributed by atoms with Gasteiger partial charge in [0.25, 0.3) is 0 Å². The SMILES string of the molecule is O=CNc1c(O)c(O)c(NC=O)n1-c1ccc(F)cc1. The van der Waals surface area contributed by atoms with Crippen LogP contribution in [0.15, 0.2) is 24.3 Å². The van der Waals surface area contributed by atoms with E-state index in [1.165, 1.54) is 12.1 Å². The number of benzene rings is 1. The van der Waals surface area contributed by atoms with E-state index in [1.807, 2.05) is 0 Å². The molecule has 4 N–H and O–H groups in total. The van der Waals surface area contributed by atoms with E-state index in [0.29, 0.717) is 18.5 Å². The second-order valence-corrected chi connectivity index (χ2v) is 3.73. The van der Waals surface area contributed by atoms with Crippen molar-refractivity contribution in [2.45, 2.75) is 0 Å². The number of rotatable bonds is 5. The maximum Gasteiger partial charge on any atom is 0.212 e. The zero-order chi connectivity index (χ0) is 14.7. The summed E-state index contributed by atoms with van der Waals surface area (Å²) in [5.74, 6) is -2.04. The van der Waals surface area contributed by atoms with Crippen molar-refractivity contribution in [3.8, 4) is 17.2 Å². The van der Waals surface area contributed by atoms with Crippen LogP contribution >= 0.6 is 0 Å². The lowest BCUT2D eigenvalue weighted by atomic mass is 10.3. The Morgan fingerprint density at radius 2 is 1.40 bits per heavy atom. The highest BCUT2D eigenvalue weighted by Gasteiger charge is 2.23. The maximum absolute atomic E-state index is 12.9. The molecule has 0 radical (unpaired) electrons. The zero-order valence-electron chi connectivity index (χ0n) is 10.0. The van der Waals surface area contributed by atoms with Crippen molar-refractivity contribution in [2.75, 3.05) is 10.6 Å². The lowest BCUT2D eigenvalue weighted by molar-refractivity contribution is -0.106. The molecule has 2 aromatic rings. The number of nitrogens with one attached hydrogen (secondary N) is 2. The Bertz CT molecular complexity index is 618. The highest BCUT2D eigenvalue weighted by atomic mass is 19.1. The van der Waals surface area contributed by atoms with Crippen LogP contribution in [0, 0.1) is 5.82 Å². The highest BCUT2D eigenvalue weighted by Crippen LogP contribution is 2.44. The molecule has 1 heterocycles. The fourth-order valence-electron chi connectivity index (χ4n) is 1.77. The molecule has 0 saturated carbocycles. The van der Waals surface area contributed by atoms with Crippen molar-refractivity contribution in [3.05, 3.63) is 30.1 Å². The van der Waals surface area contributed by atoms with Crippen LogP contribution < -0.4 is 10.6 Å². The number of aromatic hydroxyl groups is 2. The molecule has 0 fully saturated rings. The average molecular weight is 279 g/mol. The van der Waals surface area contributed by atoms with Gasteiger partial charge in [0.1, 0.15) is 5.82 Å². The third-order valence-corrected chi connectivity index (χ3v) is 2.60. The van der Waals surface area contributed by atoms with Gasteiger partial charge in [0.05, 0.1) is 0 Å². The molecule has 0 saturated heterocycles. The number of anilines is 2. The molecule has 0 spiro atoms. The molecule has 0 aliphatic rings. The molecule has 0 atom stereocenters. The molecule has 0 unspecified atom stereocenters. The van der Waals surface area contributed by atoms with E-state index in [0.717, 1.165) is 16.7 Å². The lowest BCUT2D eigenvalue weighted by Crippen LogP contribution is -2.07. The first kappa shape index (κ1) is 13.4. The van der Waals surface area contributed by atoms with Gasteiger partial charge in [-0.1, -0.05) is 0 Å². The normalized spacial score (nSPS) is 10.1. The van der Waals surface area contributed by atoms with Gasteiger partial charge in [-0.25, -0.2) is 4.39 Å². The van der Waals surface area contributed by atoms with Gasteiger partial charge < -0.3 is 20.8 Å². The first-order valence-corrected chi connectivity index (χ1v) is 5.43. The van der Waals surface area contributed by atoms with E-state index in [2.05, 4.69) is 10.6 Å². The molecule has 104 valence electrons. The number of nitrogens with zero attached hydrogens (tertiary/aromatic N) is 1. The molecule has 8 heteroatoms. The van der Waals surface area contributed by atoms with E-state index >= 15 is 0 Å². The summed E-state index contributed by atoms with van der Waals surface area (Å²) >= 11 is 0. The average Bonchev–Trinajstić information content (AvgIpc) is 2.66. The monoisotopic (exact) mass is 279 g/mol. The van der Waals surface area contributed by atoms with Crippen LogP contribution in [0.25, 0.3) is 5.69 Å². The fraction of sp³-hybridized carbons (Fsp3) is 0. The minimum atomic E-state index is -0.620. The largest absolute Gasteiger partial charge is 0.502 e. The predicted octanol–water partition coefficient (Wildman–Crippen LogP) is 1.16. The third kappa shape index (κ3) is 2.14. The van der Waals surface area contributed by atoms with E-state index in [4.69, 9.17) is 0 Å². The molecule has 1 aromatic heterocycles. The van der Waals surface area contributed by atoms with Gasteiger partial charge in [-0.2, -0.15) is 0 Å². The standard InChI is InChI=1S/C12H10FN3O4/c13-7-1-3-8(4-2-7)16-11(14-5-17)9(19)10(20)12(16)15-6-18/h1-6,19-20H,(H,14,17)(H,15,18). The molecule has 20 heavy (non-hydrogen) atoms. The Labute approximate surface area is 112 Å². The molecule has 7 nitrogen and oxygen atoms in total. The molecule has 0 aliphatic carbocycles. The topological polar surface area (TPSA) is 104 Å². The van der Waals surface area contributed by atoms with Gasteiger partial charge in [-0.05, 0) is 24.3 Å². The van der Waals surface area contributed by atoms with E-state index in [-0.39, 0.29) is 11.6 Å². The van der Waals surface area contributed by atoms with Crippen molar-refractivity contribution in [1.29, 1.82) is 0 Å². The van der Waals surface area contributed by atoms with Crippen molar-refractivity contribution >= 4 is 24.5 Å². The predicted molar refractivity (Wildman–Crippen MR) is 68.4 cm³/mol. The van der Waals surface area contributed by atoms with Crippen LogP contribution in [0.3, 0.4) is 0 Å². The highest BCUT2D eigenvalue weighted by molar-refractivity contribution is 5.86. The Morgan fingerprint density at radius 1 is 0.950 bits per heavy atom. The first-order valence-electron chi connectivity index (χ1n) is 5.43. The first-order chi connectivity index (χ1) is 9.60. The Hall–Kier alpha value is -3.03. The van der Waals surface area contributed by atoms with E-state index < -0.39 is 17.3 Å². The smallest absolute Gasteiger partial charge is 0.212 e. The quantitative estimate of drug-likeness (QED) is 0.616. The van der Waals surface area contributed by atoms with Crippen molar-refractivity contribution < 1.29 is 24.2 Å². The number of amides is 2. The number of carbonyl (C=O) groups excluding carboxylic acids is 2. The van der Waals surface area contributed by atoms with Gasteiger partial charge >= 0.3 is 0 Å². The van der Waals surface area contributed by atoms with Crippen LogP contribution in [0.1, 0.15) is 0 Å². The van der Waals surface area contributed by atoms with Crippen LogP contribution in [-0.4, -0.2) is 27.6 Å². The molecule has 2 amide bonds. The minimum absolute atomic E-state index is 0.159. The summed E-state index contributed by atoms with van der Waals surface area (Å²) in [5.41, 5.74) is 0.315. The van der Waals surface area contributed by atoms with Gasteiger partial charge in [-0.3, -0.25) is 14.2 Å². The second-order valence-electron chi connectivity index (χ2n) is 3.73. The van der Waals surface area contributed by atoms with Crippen molar-refractivity contribution in [3.63, 3.8) is 0 Å². The fourth-order valence-corrected chi connectivity index (χ4v) is 1.77. The summed E-state index contributed by atoms with van der Waals surface area (Å²) < 4.78 is 14.1. The van der Waals surface area contributed by atoms with E-state index in [9.17, 15) is 24.2 Å². The molecule has 0 bridgehead atoms. The van der Waals surface area contributed by atoms with Gasteiger partial charge in [0, 0.05) is 5.69 Å². The third-order valence-electron chi connectivity index (χ3n) is 2.60. The Balaban J connectivity index is 2.69. The molecule has 0 aliphatic heterocycles. The number of hydrogen-bond donors (Lipinski definition) is 4. The van der Waals surface area contributed by atoms with Gasteiger partial charge in [0.2, 0.25) is 24.3 Å². The molecular weight excluding hydrogens is 269 g/mol. The van der Waals surface area contributed by atoms with Gasteiger partial charge in [-0.15, -0.1) is 0 Å². The maximum atomic E-state index is 12.9. The van der Waals surface area contributed by atoms with E-state index in [1.54, 1.807) is 0 Å². The number of aromatic nitrogens is 1. The second kappa shape index (κ2) is 5.31. The van der Waals surface area contributed by atoms with Crippen LogP contribution in [-0.2, 0) is 9.59 Å². The molecule has 2 rings (SSSR count). The molecular formula is C12H10FN3O4. The summed E-state index contributed by atoms with van der Waals surface area (Å²) in [7, 11) is 0. The van der Waals surface area contributed by atoms with Crippen LogP contribution in [0.5, 0.6) is 11.5 Å². The Kier molecular flexibility index (Phi) is 3.56. The Morgan fingerprint density at radius 3 is 1.80 bits per heavy atom. The summed E-state index contributed by atoms with van der Waals surface area (Å²) in [4.78, 5) is 21.2. The van der Waals surface area contributed by atoms with Crippen LogP contribution in [0.2, 0.25) is 0 Å². The molecule has 1 aromatic carbocycles. The zero-order valence-corrected chi connectivity index (χ0v) is 10.0. The summed E-state index contributed by atoms with van der Waals surface area (Å²) in [6, 6.07) is 5.00. The number of hydrogen-bond acceptors (Lipinski definition) is 4. The van der Waals surface area contributed by atoms with Gasteiger partial charge in [0.15, 0.2) is 11.6 Å². The van der Waals surface area contributed by atoms with Crippen molar-refractivity contribution in [1.82, 2.24) is 4.57 Å². The summed E-state index contributed by atoms with van der Waals surface area (Å²) in [6.07, 6.45) is 0.582. The minimum Gasteiger partial charge on any atom is -0.502 e. The summed E-state index contributed by atoms with van der Waals surface area (Å²) in [6.45, 7) is 0. The number of carbonyl (C=O) groups is 2. The number of halogens is 1.